The van der Waals surface area contributed by atoms with Gasteiger partial charge in [-0.15, -0.1) is 0 Å². The van der Waals surface area contributed by atoms with E-state index in [9.17, 15) is 35.9 Å². The van der Waals surface area contributed by atoms with Crippen LogP contribution in [-0.4, -0.2) is 24.5 Å². The summed E-state index contributed by atoms with van der Waals surface area (Å²) in [6, 6.07) is 1.70. The number of benzene rings is 2. The smallest absolute Gasteiger partial charge is 0.427 e. The lowest BCUT2D eigenvalue weighted by Crippen LogP contribution is -2.36. The van der Waals surface area contributed by atoms with E-state index >= 15 is 0 Å². The number of hydrogen-bond donors (Lipinski definition) is 2. The third-order valence-electron chi connectivity index (χ3n) is 3.39. The second kappa shape index (κ2) is 8.37. The Morgan fingerprint density at radius 2 is 1.62 bits per heavy atom. The summed E-state index contributed by atoms with van der Waals surface area (Å²) in [6.45, 7) is 0. The molecule has 0 aromatic heterocycles. The molecule has 3 N–H and O–H groups in total. The zero-order chi connectivity index (χ0) is 22.1. The number of carbonyl (C=O) groups excluding carboxylic acids is 2. The summed E-state index contributed by atoms with van der Waals surface area (Å²) < 4.78 is 83.1. The maximum absolute atomic E-state index is 14.7. The first-order valence-electron chi connectivity index (χ1n) is 7.29. The molecule has 0 aliphatic carbocycles. The molecule has 156 valence electrons. The van der Waals surface area contributed by atoms with Crippen LogP contribution in [0.25, 0.3) is 11.1 Å². The van der Waals surface area contributed by atoms with Gasteiger partial charge in [0.15, 0.2) is 0 Å². The Labute approximate surface area is 168 Å². The first-order chi connectivity index (χ1) is 13.4. The number of hydrogen-bond acceptors (Lipinski definition) is 3. The number of nitrogens with one attached hydrogen (secondary N) is 1. The number of rotatable bonds is 5. The van der Waals surface area contributed by atoms with E-state index in [2.05, 4.69) is 4.74 Å². The standard InChI is InChI=1S/C16H8Cl2F6N2O3/c17-10-5(2-4-8(11(10)18)29-16(23,24)14(21)22)6-1-3-7(19)9(12(6)20)13(27)26-15(25)28/h1-4,14H,(H3,25,26,27,28). The van der Waals surface area contributed by atoms with Crippen LogP contribution in [0.5, 0.6) is 5.75 Å². The summed E-state index contributed by atoms with van der Waals surface area (Å²) >= 11 is 11.6. The van der Waals surface area contributed by atoms with Gasteiger partial charge in [0.2, 0.25) is 0 Å². The van der Waals surface area contributed by atoms with Crippen molar-refractivity contribution < 1.29 is 40.7 Å². The lowest BCUT2D eigenvalue weighted by atomic mass is 10.0. The molecule has 29 heavy (non-hydrogen) atoms. The summed E-state index contributed by atoms with van der Waals surface area (Å²) in [4.78, 5) is 22.5. The highest BCUT2D eigenvalue weighted by molar-refractivity contribution is 6.44. The number of alkyl halides is 4. The highest BCUT2D eigenvalue weighted by Gasteiger charge is 2.44. The average molecular weight is 461 g/mol. The van der Waals surface area contributed by atoms with Gasteiger partial charge in [0.1, 0.15) is 28.0 Å². The van der Waals surface area contributed by atoms with Crippen LogP contribution in [0.15, 0.2) is 24.3 Å². The minimum absolute atomic E-state index is 0.310. The van der Waals surface area contributed by atoms with Crippen LogP contribution in [0.1, 0.15) is 10.4 Å². The molecule has 2 aromatic carbocycles. The van der Waals surface area contributed by atoms with E-state index in [1.54, 1.807) is 0 Å². The molecule has 0 bridgehead atoms. The summed E-state index contributed by atoms with van der Waals surface area (Å²) in [5.41, 5.74) is 2.72. The molecule has 0 fully saturated rings. The summed E-state index contributed by atoms with van der Waals surface area (Å²) in [7, 11) is 0. The second-order valence-corrected chi connectivity index (χ2v) is 6.06. The maximum atomic E-state index is 14.7. The first-order valence-corrected chi connectivity index (χ1v) is 8.04. The molecular weight excluding hydrogens is 453 g/mol. The third-order valence-corrected chi connectivity index (χ3v) is 4.26. The molecule has 0 saturated carbocycles. The molecule has 5 nitrogen and oxygen atoms in total. The number of primary amides is 1. The van der Waals surface area contributed by atoms with Crippen molar-refractivity contribution in [1.29, 1.82) is 0 Å². The van der Waals surface area contributed by atoms with E-state index < -0.39 is 63.0 Å². The third kappa shape index (κ3) is 4.67. The Morgan fingerprint density at radius 3 is 2.17 bits per heavy atom. The Hall–Kier alpha value is -2.66. The van der Waals surface area contributed by atoms with Crippen LogP contribution in [0.3, 0.4) is 0 Å². The summed E-state index contributed by atoms with van der Waals surface area (Å²) in [6.07, 6.45) is -9.05. The van der Waals surface area contributed by atoms with E-state index in [1.807, 2.05) is 0 Å². The average Bonchev–Trinajstić information content (AvgIpc) is 2.59. The van der Waals surface area contributed by atoms with Crippen LogP contribution >= 0.6 is 23.2 Å². The molecule has 13 heteroatoms. The molecule has 0 aliphatic heterocycles. The molecule has 2 rings (SSSR count). The van der Waals surface area contributed by atoms with Crippen LogP contribution in [0, 0.1) is 11.6 Å². The predicted molar refractivity (Wildman–Crippen MR) is 90.4 cm³/mol. The Bertz CT molecular complexity index is 988. The van der Waals surface area contributed by atoms with E-state index in [4.69, 9.17) is 28.9 Å². The van der Waals surface area contributed by atoms with E-state index in [0.29, 0.717) is 12.1 Å². The van der Waals surface area contributed by atoms with Crippen molar-refractivity contribution >= 4 is 35.1 Å². The Morgan fingerprint density at radius 1 is 1.03 bits per heavy atom. The van der Waals surface area contributed by atoms with E-state index in [1.165, 1.54) is 5.32 Å². The van der Waals surface area contributed by atoms with E-state index in [0.717, 1.165) is 12.1 Å². The topological polar surface area (TPSA) is 81.4 Å². The number of ether oxygens (including phenoxy) is 1. The monoisotopic (exact) mass is 460 g/mol. The second-order valence-electron chi connectivity index (χ2n) is 5.31. The molecule has 0 spiro atoms. The van der Waals surface area contributed by atoms with Gasteiger partial charge < -0.3 is 10.5 Å². The van der Waals surface area contributed by atoms with Gasteiger partial charge in [0.25, 0.3) is 5.91 Å². The van der Waals surface area contributed by atoms with Gasteiger partial charge in [-0.1, -0.05) is 23.2 Å². The molecule has 0 unspecified atom stereocenters. The number of carbonyl (C=O) groups is 2. The molecule has 0 saturated heterocycles. The lowest BCUT2D eigenvalue weighted by Gasteiger charge is -2.19. The van der Waals surface area contributed by atoms with Crippen molar-refractivity contribution in [3.8, 4) is 16.9 Å². The normalized spacial score (nSPS) is 11.5. The highest BCUT2D eigenvalue weighted by Crippen LogP contribution is 2.42. The molecule has 0 aliphatic rings. The fraction of sp³-hybridized carbons (Fsp3) is 0.125. The van der Waals surface area contributed by atoms with Crippen LogP contribution in [0.2, 0.25) is 10.0 Å². The van der Waals surface area contributed by atoms with Crippen molar-refractivity contribution in [2.45, 2.75) is 12.5 Å². The quantitative estimate of drug-likeness (QED) is 0.617. The van der Waals surface area contributed by atoms with Crippen LogP contribution in [0.4, 0.5) is 31.1 Å². The molecule has 0 radical (unpaired) electrons. The summed E-state index contributed by atoms with van der Waals surface area (Å²) in [5, 5.41) is 0.0999. The van der Waals surface area contributed by atoms with Gasteiger partial charge in [-0.25, -0.2) is 13.6 Å². The van der Waals surface area contributed by atoms with Gasteiger partial charge in [0.05, 0.1) is 5.02 Å². The minimum atomic E-state index is -4.88. The molecule has 0 atom stereocenters. The van der Waals surface area contributed by atoms with Crippen molar-refractivity contribution in [2.24, 2.45) is 5.73 Å². The lowest BCUT2D eigenvalue weighted by molar-refractivity contribution is -0.253. The number of halogens is 8. The predicted octanol–water partition coefficient (Wildman–Crippen LogP) is 4.98. The Kier molecular flexibility index (Phi) is 6.53. The van der Waals surface area contributed by atoms with Crippen molar-refractivity contribution in [2.75, 3.05) is 0 Å². The molecule has 0 heterocycles. The van der Waals surface area contributed by atoms with Crippen LogP contribution in [-0.2, 0) is 0 Å². The van der Waals surface area contributed by atoms with Gasteiger partial charge >= 0.3 is 18.6 Å². The van der Waals surface area contributed by atoms with Crippen molar-refractivity contribution in [1.82, 2.24) is 5.32 Å². The summed E-state index contributed by atoms with van der Waals surface area (Å²) in [5.74, 6) is -5.25. The number of nitrogens with two attached hydrogens (primary N) is 1. The Balaban J connectivity index is 2.55. The number of amides is 3. The molecule has 3 amide bonds. The fourth-order valence-electron chi connectivity index (χ4n) is 2.15. The zero-order valence-corrected chi connectivity index (χ0v) is 15.2. The van der Waals surface area contributed by atoms with Crippen molar-refractivity contribution in [3.05, 3.63) is 51.5 Å². The maximum Gasteiger partial charge on any atom is 0.461 e. The number of urea groups is 1. The molecular formula is C16H8Cl2F6N2O3. The highest BCUT2D eigenvalue weighted by atomic mass is 35.5. The van der Waals surface area contributed by atoms with Gasteiger partial charge in [-0.3, -0.25) is 10.1 Å². The molecule has 2 aromatic rings. The fourth-order valence-corrected chi connectivity index (χ4v) is 2.61. The first kappa shape index (κ1) is 22.6. The van der Waals surface area contributed by atoms with E-state index in [-0.39, 0.29) is 5.56 Å². The van der Waals surface area contributed by atoms with Crippen LogP contribution < -0.4 is 15.8 Å². The van der Waals surface area contributed by atoms with Gasteiger partial charge in [-0.05, 0) is 24.3 Å². The largest absolute Gasteiger partial charge is 0.461 e. The van der Waals surface area contributed by atoms with Gasteiger partial charge in [-0.2, -0.15) is 17.6 Å². The zero-order valence-electron chi connectivity index (χ0n) is 13.7. The minimum Gasteiger partial charge on any atom is -0.427 e. The SMILES string of the molecule is NC(=O)NC(=O)c1c(F)ccc(-c2ccc(OC(F)(F)C(F)F)c(Cl)c2Cl)c1F. The van der Waals surface area contributed by atoms with Crippen molar-refractivity contribution in [3.63, 3.8) is 0 Å². The van der Waals surface area contributed by atoms with Gasteiger partial charge in [0, 0.05) is 11.1 Å². The number of imide groups is 1.